The molecular formula is C15H20N4O. The summed E-state index contributed by atoms with van der Waals surface area (Å²) >= 11 is 0. The van der Waals surface area contributed by atoms with Crippen molar-refractivity contribution in [3.05, 3.63) is 35.4 Å². The summed E-state index contributed by atoms with van der Waals surface area (Å²) in [6, 6.07) is 5.42. The van der Waals surface area contributed by atoms with E-state index in [-0.39, 0.29) is 5.54 Å². The van der Waals surface area contributed by atoms with Crippen molar-refractivity contribution in [2.45, 2.75) is 26.3 Å². The quantitative estimate of drug-likeness (QED) is 0.640. The van der Waals surface area contributed by atoms with Crippen LogP contribution >= 0.6 is 0 Å². The number of primary amides is 1. The SMILES string of the molecule is CC1=CC(C)(C)N(C)c2ccc(/C=N\NC(N)=O)cc21. The number of urea groups is 1. The van der Waals surface area contributed by atoms with E-state index in [1.807, 2.05) is 6.07 Å². The minimum absolute atomic E-state index is 0.000212. The molecule has 5 nitrogen and oxygen atoms in total. The molecule has 0 radical (unpaired) electrons. The monoisotopic (exact) mass is 272 g/mol. The Balaban J connectivity index is 2.35. The zero-order valence-corrected chi connectivity index (χ0v) is 12.3. The van der Waals surface area contributed by atoms with Crippen molar-refractivity contribution in [3.63, 3.8) is 0 Å². The second-order valence-corrected chi connectivity index (χ2v) is 5.55. The summed E-state index contributed by atoms with van der Waals surface area (Å²) in [6.07, 6.45) is 3.83. The lowest BCUT2D eigenvalue weighted by Crippen LogP contribution is -2.42. The Morgan fingerprint density at radius 2 is 2.15 bits per heavy atom. The lowest BCUT2D eigenvalue weighted by molar-refractivity contribution is 0.249. The number of carbonyl (C=O) groups excluding carboxylic acids is 1. The van der Waals surface area contributed by atoms with Crippen molar-refractivity contribution >= 4 is 23.5 Å². The number of fused-ring (bicyclic) bond motifs is 1. The van der Waals surface area contributed by atoms with Gasteiger partial charge in [0, 0.05) is 18.3 Å². The smallest absolute Gasteiger partial charge is 0.332 e. The second kappa shape index (κ2) is 5.00. The van der Waals surface area contributed by atoms with Crippen LogP contribution in [-0.4, -0.2) is 24.8 Å². The number of nitrogens with one attached hydrogen (secondary N) is 1. The Bertz CT molecular complexity index is 602. The molecule has 2 rings (SSSR count). The van der Waals surface area contributed by atoms with Gasteiger partial charge in [-0.15, -0.1) is 0 Å². The molecule has 1 aliphatic rings. The molecule has 0 spiro atoms. The fraction of sp³-hybridized carbons (Fsp3) is 0.333. The van der Waals surface area contributed by atoms with E-state index < -0.39 is 6.03 Å². The van der Waals surface area contributed by atoms with Crippen LogP contribution in [0.3, 0.4) is 0 Å². The number of nitrogens with two attached hydrogens (primary N) is 1. The number of allylic oxidation sites excluding steroid dienone is 1. The van der Waals surface area contributed by atoms with Gasteiger partial charge in [0.15, 0.2) is 0 Å². The predicted octanol–water partition coefficient (Wildman–Crippen LogP) is 2.32. The highest BCUT2D eigenvalue weighted by atomic mass is 16.2. The molecule has 106 valence electrons. The van der Waals surface area contributed by atoms with E-state index >= 15 is 0 Å². The zero-order chi connectivity index (χ0) is 14.9. The number of rotatable bonds is 2. The number of anilines is 1. The van der Waals surface area contributed by atoms with Crippen LogP contribution in [0.25, 0.3) is 5.57 Å². The molecule has 0 saturated heterocycles. The van der Waals surface area contributed by atoms with E-state index in [2.05, 4.69) is 61.5 Å². The average molecular weight is 272 g/mol. The molecule has 0 aromatic heterocycles. The molecule has 1 aliphatic heterocycles. The summed E-state index contributed by atoms with van der Waals surface area (Å²) in [5.41, 5.74) is 11.7. The first-order valence-electron chi connectivity index (χ1n) is 6.47. The standard InChI is InChI=1S/C15H20N4O/c1-10-8-15(2,3)19(4)13-6-5-11(7-12(10)13)9-17-18-14(16)20/h5-9H,1-4H3,(H3,16,18,20)/b17-9-. The number of nitrogens with zero attached hydrogens (tertiary/aromatic N) is 2. The van der Waals surface area contributed by atoms with Gasteiger partial charge in [-0.05, 0) is 44.0 Å². The maximum Gasteiger partial charge on any atom is 0.332 e. The number of hydrogen-bond acceptors (Lipinski definition) is 3. The molecule has 0 bridgehead atoms. The summed E-state index contributed by atoms with van der Waals surface area (Å²) in [5.74, 6) is 0. The molecule has 2 amide bonds. The third-order valence-electron chi connectivity index (χ3n) is 3.63. The molecule has 0 atom stereocenters. The minimum Gasteiger partial charge on any atom is -0.366 e. The third-order valence-corrected chi connectivity index (χ3v) is 3.63. The lowest BCUT2D eigenvalue weighted by atomic mass is 9.89. The van der Waals surface area contributed by atoms with Crippen molar-refractivity contribution in [2.75, 3.05) is 11.9 Å². The van der Waals surface area contributed by atoms with Gasteiger partial charge in [-0.2, -0.15) is 5.10 Å². The average Bonchev–Trinajstić information content (AvgIpc) is 2.35. The fourth-order valence-corrected chi connectivity index (χ4v) is 2.43. The van der Waals surface area contributed by atoms with Crippen molar-refractivity contribution in [1.29, 1.82) is 0 Å². The highest BCUT2D eigenvalue weighted by Gasteiger charge is 2.28. The van der Waals surface area contributed by atoms with Crippen molar-refractivity contribution < 1.29 is 4.79 Å². The van der Waals surface area contributed by atoms with Gasteiger partial charge in [0.1, 0.15) is 0 Å². The van der Waals surface area contributed by atoms with Crippen LogP contribution in [0.1, 0.15) is 31.9 Å². The molecule has 1 aromatic rings. The second-order valence-electron chi connectivity index (χ2n) is 5.55. The zero-order valence-electron chi connectivity index (χ0n) is 12.3. The maximum absolute atomic E-state index is 10.6. The number of benzene rings is 1. The van der Waals surface area contributed by atoms with Gasteiger partial charge < -0.3 is 10.6 Å². The molecule has 3 N–H and O–H groups in total. The summed E-state index contributed by atoms with van der Waals surface area (Å²) in [5, 5.41) is 3.78. The minimum atomic E-state index is -0.670. The molecule has 0 saturated carbocycles. The molecule has 1 heterocycles. The summed E-state index contributed by atoms with van der Waals surface area (Å²) < 4.78 is 0. The molecule has 20 heavy (non-hydrogen) atoms. The molecular weight excluding hydrogens is 252 g/mol. The summed E-state index contributed by atoms with van der Waals surface area (Å²) in [7, 11) is 2.09. The molecule has 1 aromatic carbocycles. The Labute approximate surface area is 119 Å². The number of amides is 2. The highest BCUT2D eigenvalue weighted by molar-refractivity contribution is 5.88. The van der Waals surface area contributed by atoms with Crippen LogP contribution in [-0.2, 0) is 0 Å². The lowest BCUT2D eigenvalue weighted by Gasteiger charge is -2.40. The van der Waals surface area contributed by atoms with Gasteiger partial charge in [0.25, 0.3) is 0 Å². The first-order valence-corrected chi connectivity index (χ1v) is 6.47. The van der Waals surface area contributed by atoms with Crippen LogP contribution < -0.4 is 16.1 Å². The van der Waals surface area contributed by atoms with Crippen molar-refractivity contribution in [2.24, 2.45) is 10.8 Å². The van der Waals surface area contributed by atoms with E-state index in [9.17, 15) is 4.79 Å². The van der Waals surface area contributed by atoms with E-state index in [1.54, 1.807) is 6.21 Å². The van der Waals surface area contributed by atoms with Crippen LogP contribution in [0, 0.1) is 0 Å². The third kappa shape index (κ3) is 2.66. The fourth-order valence-electron chi connectivity index (χ4n) is 2.43. The number of carbonyl (C=O) groups is 1. The Morgan fingerprint density at radius 1 is 1.45 bits per heavy atom. The van der Waals surface area contributed by atoms with Gasteiger partial charge in [-0.1, -0.05) is 12.1 Å². The first-order chi connectivity index (χ1) is 9.31. The van der Waals surface area contributed by atoms with Crippen LogP contribution in [0.5, 0.6) is 0 Å². The number of hydrogen-bond donors (Lipinski definition) is 2. The predicted molar refractivity (Wildman–Crippen MR) is 82.9 cm³/mol. The first kappa shape index (κ1) is 14.1. The van der Waals surface area contributed by atoms with Gasteiger partial charge >= 0.3 is 6.03 Å². The summed E-state index contributed by atoms with van der Waals surface area (Å²) in [6.45, 7) is 6.48. The van der Waals surface area contributed by atoms with E-state index in [0.29, 0.717) is 0 Å². The van der Waals surface area contributed by atoms with Gasteiger partial charge in [-0.3, -0.25) is 0 Å². The molecule has 0 aliphatic carbocycles. The van der Waals surface area contributed by atoms with Gasteiger partial charge in [-0.25, -0.2) is 10.2 Å². The topological polar surface area (TPSA) is 70.7 Å². The van der Waals surface area contributed by atoms with Gasteiger partial charge in [0.2, 0.25) is 0 Å². The van der Waals surface area contributed by atoms with E-state index in [4.69, 9.17) is 5.73 Å². The van der Waals surface area contributed by atoms with Crippen LogP contribution in [0.4, 0.5) is 10.5 Å². The Kier molecular flexibility index (Phi) is 3.53. The maximum atomic E-state index is 10.6. The summed E-state index contributed by atoms with van der Waals surface area (Å²) in [4.78, 5) is 12.8. The Morgan fingerprint density at radius 3 is 2.80 bits per heavy atom. The van der Waals surface area contributed by atoms with Crippen molar-refractivity contribution in [3.8, 4) is 0 Å². The van der Waals surface area contributed by atoms with Gasteiger partial charge in [0.05, 0.1) is 11.8 Å². The van der Waals surface area contributed by atoms with E-state index in [0.717, 1.165) is 5.56 Å². The van der Waals surface area contributed by atoms with Crippen LogP contribution in [0.2, 0.25) is 0 Å². The molecule has 0 fully saturated rings. The highest BCUT2D eigenvalue weighted by Crippen LogP contribution is 2.37. The van der Waals surface area contributed by atoms with E-state index in [1.165, 1.54) is 16.8 Å². The van der Waals surface area contributed by atoms with Crippen LogP contribution in [0.15, 0.2) is 29.4 Å². The molecule has 0 unspecified atom stereocenters. The molecule has 5 heteroatoms. The number of likely N-dealkylation sites (N-methyl/N-ethyl adjacent to an activating group) is 1. The Hall–Kier alpha value is -2.30. The normalized spacial score (nSPS) is 16.8. The number of hydrazone groups is 1. The largest absolute Gasteiger partial charge is 0.366 e. The van der Waals surface area contributed by atoms with Crippen molar-refractivity contribution in [1.82, 2.24) is 5.43 Å².